The van der Waals surface area contributed by atoms with Crippen molar-refractivity contribution in [3.05, 3.63) is 35.9 Å². The summed E-state index contributed by atoms with van der Waals surface area (Å²) in [7, 11) is 0. The molecule has 1 fully saturated rings. The summed E-state index contributed by atoms with van der Waals surface area (Å²) in [6.07, 6.45) is 13.0. The molecule has 0 atom stereocenters. The van der Waals surface area contributed by atoms with Crippen LogP contribution in [0.25, 0.3) is 0 Å². The van der Waals surface area contributed by atoms with Gasteiger partial charge in [0.25, 0.3) is 0 Å². The van der Waals surface area contributed by atoms with Gasteiger partial charge >= 0.3 is 0 Å². The number of aryl methyl sites for hydroxylation is 1. The average Bonchev–Trinajstić information content (AvgIpc) is 2.45. The van der Waals surface area contributed by atoms with Crippen molar-refractivity contribution in [2.24, 2.45) is 11.8 Å². The minimum atomic E-state index is 1.00. The Labute approximate surface area is 113 Å². The van der Waals surface area contributed by atoms with E-state index in [1.54, 1.807) is 0 Å². The Hall–Kier alpha value is -0.780. The van der Waals surface area contributed by atoms with Crippen molar-refractivity contribution in [3.63, 3.8) is 0 Å². The lowest BCUT2D eigenvalue weighted by Gasteiger charge is -2.28. The Morgan fingerprint density at radius 3 is 2.11 bits per heavy atom. The molecule has 0 amide bonds. The van der Waals surface area contributed by atoms with E-state index in [0.717, 1.165) is 11.8 Å². The molecule has 1 aromatic rings. The lowest BCUT2D eigenvalue weighted by Crippen LogP contribution is -2.15. The monoisotopic (exact) mass is 244 g/mol. The number of hydrogen-bond acceptors (Lipinski definition) is 0. The lowest BCUT2D eigenvalue weighted by atomic mass is 9.78. The van der Waals surface area contributed by atoms with Crippen molar-refractivity contribution in [2.75, 3.05) is 0 Å². The van der Waals surface area contributed by atoms with Gasteiger partial charge in [0.2, 0.25) is 0 Å². The van der Waals surface area contributed by atoms with Crippen LogP contribution in [-0.4, -0.2) is 0 Å². The molecule has 1 aromatic carbocycles. The molecule has 0 N–H and O–H groups in total. The van der Waals surface area contributed by atoms with E-state index in [2.05, 4.69) is 37.3 Å². The van der Waals surface area contributed by atoms with E-state index in [-0.39, 0.29) is 0 Å². The van der Waals surface area contributed by atoms with Crippen molar-refractivity contribution < 1.29 is 0 Å². The molecule has 0 aromatic heterocycles. The van der Waals surface area contributed by atoms with Gasteiger partial charge in [0.1, 0.15) is 0 Å². The van der Waals surface area contributed by atoms with Crippen LogP contribution in [0.2, 0.25) is 0 Å². The molecule has 0 heterocycles. The molecule has 2 rings (SSSR count). The second kappa shape index (κ2) is 7.61. The third kappa shape index (κ3) is 4.48. The molecule has 0 bridgehead atoms. The van der Waals surface area contributed by atoms with E-state index in [0.29, 0.717) is 0 Å². The number of hydrogen-bond donors (Lipinski definition) is 0. The average molecular weight is 244 g/mol. The van der Waals surface area contributed by atoms with Gasteiger partial charge in [0.15, 0.2) is 0 Å². The normalized spacial score (nSPS) is 24.1. The van der Waals surface area contributed by atoms with Gasteiger partial charge in [-0.15, -0.1) is 0 Å². The first-order valence-electron chi connectivity index (χ1n) is 7.92. The fourth-order valence-corrected chi connectivity index (χ4v) is 3.32. The van der Waals surface area contributed by atoms with Gasteiger partial charge in [-0.2, -0.15) is 0 Å². The second-order valence-electron chi connectivity index (χ2n) is 6.05. The third-order valence-corrected chi connectivity index (χ3v) is 4.62. The van der Waals surface area contributed by atoms with Crippen LogP contribution in [-0.2, 0) is 6.42 Å². The highest BCUT2D eigenvalue weighted by atomic mass is 14.3. The van der Waals surface area contributed by atoms with Crippen molar-refractivity contribution in [1.29, 1.82) is 0 Å². The first-order chi connectivity index (χ1) is 8.88. The topological polar surface area (TPSA) is 0 Å². The molecular weight excluding hydrogens is 216 g/mol. The number of rotatable bonds is 6. The molecule has 0 saturated heterocycles. The van der Waals surface area contributed by atoms with Gasteiger partial charge in [0, 0.05) is 0 Å². The van der Waals surface area contributed by atoms with Crippen molar-refractivity contribution in [1.82, 2.24) is 0 Å². The molecule has 0 radical (unpaired) electrons. The van der Waals surface area contributed by atoms with Crippen molar-refractivity contribution >= 4 is 0 Å². The Balaban J connectivity index is 1.65. The smallest absolute Gasteiger partial charge is 0.0276 e. The highest BCUT2D eigenvalue weighted by Crippen LogP contribution is 2.34. The van der Waals surface area contributed by atoms with Crippen LogP contribution in [0, 0.1) is 11.8 Å². The maximum Gasteiger partial charge on any atom is -0.0276 e. The van der Waals surface area contributed by atoms with Crippen LogP contribution >= 0.6 is 0 Å². The van der Waals surface area contributed by atoms with E-state index >= 15 is 0 Å². The van der Waals surface area contributed by atoms with Crippen LogP contribution in [0.5, 0.6) is 0 Å². The summed E-state index contributed by atoms with van der Waals surface area (Å²) >= 11 is 0. The second-order valence-corrected chi connectivity index (χ2v) is 6.05. The minimum absolute atomic E-state index is 1.00. The molecule has 0 aliphatic heterocycles. The quantitative estimate of drug-likeness (QED) is 0.609. The SMILES string of the molecule is CCCC[C@H]1CC[C@H](CCc2ccccc2)CC1. The third-order valence-electron chi connectivity index (χ3n) is 4.62. The first-order valence-corrected chi connectivity index (χ1v) is 7.92. The Kier molecular flexibility index (Phi) is 5.77. The van der Waals surface area contributed by atoms with Gasteiger partial charge in [-0.1, -0.05) is 82.2 Å². The summed E-state index contributed by atoms with van der Waals surface area (Å²) in [5.74, 6) is 2.06. The Morgan fingerprint density at radius 1 is 0.889 bits per heavy atom. The van der Waals surface area contributed by atoms with E-state index in [9.17, 15) is 0 Å². The van der Waals surface area contributed by atoms with Crippen LogP contribution in [0.1, 0.15) is 63.9 Å². The van der Waals surface area contributed by atoms with Crippen LogP contribution in [0.3, 0.4) is 0 Å². The van der Waals surface area contributed by atoms with E-state index in [1.807, 2.05) is 0 Å². The summed E-state index contributed by atoms with van der Waals surface area (Å²) in [6, 6.07) is 11.0. The molecule has 1 saturated carbocycles. The van der Waals surface area contributed by atoms with Crippen LogP contribution in [0.4, 0.5) is 0 Å². The maximum absolute atomic E-state index is 2.31. The predicted molar refractivity (Wildman–Crippen MR) is 79.7 cm³/mol. The summed E-state index contributed by atoms with van der Waals surface area (Å²) in [6.45, 7) is 2.31. The molecule has 18 heavy (non-hydrogen) atoms. The zero-order valence-corrected chi connectivity index (χ0v) is 11.9. The zero-order valence-electron chi connectivity index (χ0n) is 11.9. The first kappa shape index (κ1) is 13.6. The summed E-state index contributed by atoms with van der Waals surface area (Å²) in [4.78, 5) is 0. The van der Waals surface area contributed by atoms with Gasteiger partial charge < -0.3 is 0 Å². The Morgan fingerprint density at radius 2 is 1.50 bits per heavy atom. The fraction of sp³-hybridized carbons (Fsp3) is 0.667. The summed E-state index contributed by atoms with van der Waals surface area (Å²) in [5.41, 5.74) is 1.52. The van der Waals surface area contributed by atoms with E-state index in [4.69, 9.17) is 0 Å². The molecule has 0 unspecified atom stereocenters. The van der Waals surface area contributed by atoms with Gasteiger partial charge in [-0.3, -0.25) is 0 Å². The van der Waals surface area contributed by atoms with E-state index < -0.39 is 0 Å². The summed E-state index contributed by atoms with van der Waals surface area (Å²) in [5, 5.41) is 0. The van der Waals surface area contributed by atoms with Gasteiger partial charge in [0.05, 0.1) is 0 Å². The summed E-state index contributed by atoms with van der Waals surface area (Å²) < 4.78 is 0. The maximum atomic E-state index is 2.31. The largest absolute Gasteiger partial charge is 0.0654 e. The van der Waals surface area contributed by atoms with Crippen molar-refractivity contribution in [2.45, 2.75) is 64.7 Å². The molecule has 100 valence electrons. The van der Waals surface area contributed by atoms with Crippen LogP contribution < -0.4 is 0 Å². The Bertz CT molecular complexity index is 306. The lowest BCUT2D eigenvalue weighted by molar-refractivity contribution is 0.250. The number of unbranched alkanes of at least 4 members (excludes halogenated alkanes) is 1. The molecular formula is C18H28. The van der Waals surface area contributed by atoms with Gasteiger partial charge in [-0.05, 0) is 30.2 Å². The predicted octanol–water partition coefficient (Wildman–Crippen LogP) is 5.62. The van der Waals surface area contributed by atoms with E-state index in [1.165, 1.54) is 63.4 Å². The van der Waals surface area contributed by atoms with Crippen molar-refractivity contribution in [3.8, 4) is 0 Å². The standard InChI is InChI=1S/C18H28/c1-2-3-7-17-11-14-18(15-12-17)13-10-16-8-5-4-6-9-16/h4-6,8-9,17-18H,2-3,7,10-15H2,1H3/t17-,18-. The molecule has 1 aliphatic rings. The molecule has 0 nitrogen and oxygen atoms in total. The molecule has 0 spiro atoms. The molecule has 1 aliphatic carbocycles. The number of benzene rings is 1. The minimum Gasteiger partial charge on any atom is -0.0654 e. The van der Waals surface area contributed by atoms with Gasteiger partial charge in [-0.25, -0.2) is 0 Å². The van der Waals surface area contributed by atoms with Crippen LogP contribution in [0.15, 0.2) is 30.3 Å². The highest BCUT2D eigenvalue weighted by Gasteiger charge is 2.20. The highest BCUT2D eigenvalue weighted by molar-refractivity contribution is 5.14. The molecule has 0 heteroatoms. The fourth-order valence-electron chi connectivity index (χ4n) is 3.32. The zero-order chi connectivity index (χ0) is 12.6.